The van der Waals surface area contributed by atoms with Crippen molar-refractivity contribution in [3.63, 3.8) is 0 Å². The van der Waals surface area contributed by atoms with E-state index in [2.05, 4.69) is 9.97 Å². The number of aromatic nitrogens is 2. The summed E-state index contributed by atoms with van der Waals surface area (Å²) in [5.74, 6) is 0. The third-order valence-corrected chi connectivity index (χ3v) is 1.08. The van der Waals surface area contributed by atoms with Crippen LogP contribution in [0.4, 0.5) is 0 Å². The van der Waals surface area contributed by atoms with Gasteiger partial charge in [0.25, 0.3) is 0 Å². The Balaban J connectivity index is 2.88. The molecule has 4 nitrogen and oxygen atoms in total. The highest BCUT2D eigenvalue weighted by Crippen LogP contribution is 2.03. The topological polar surface area (TPSA) is 75.6 Å². The molecule has 10 heavy (non-hydrogen) atoms. The smallest absolute Gasteiger partial charge is 0.121 e. The first-order chi connectivity index (χ1) is 4.84. The van der Waals surface area contributed by atoms with E-state index in [0.29, 0.717) is 5.56 Å². The van der Waals surface area contributed by atoms with Gasteiger partial charge in [-0.05, 0) is 0 Å². The van der Waals surface area contributed by atoms with Crippen LogP contribution >= 0.6 is 0 Å². The average molecular weight is 134 g/mol. The first-order valence-electron chi connectivity index (χ1n) is 2.74. The Bertz CT molecular complexity index is 238. The Kier molecular flexibility index (Phi) is 1.92. The highest BCUT2D eigenvalue weighted by molar-refractivity contribution is 5.15. The Morgan fingerprint density at radius 1 is 1.50 bits per heavy atom. The molecule has 0 aliphatic carbocycles. The molecule has 0 unspecified atom stereocenters. The van der Waals surface area contributed by atoms with Crippen molar-refractivity contribution in [2.24, 2.45) is 5.73 Å². The summed E-state index contributed by atoms with van der Waals surface area (Å²) in [6, 6.07) is 1.27. The molecule has 50 valence electrons. The molecular formula is C6H6N4. The predicted molar refractivity (Wildman–Crippen MR) is 34.6 cm³/mol. The lowest BCUT2D eigenvalue weighted by Gasteiger charge is -1.97. The van der Waals surface area contributed by atoms with Gasteiger partial charge in [-0.2, -0.15) is 5.26 Å². The molecule has 1 atom stereocenters. The Morgan fingerprint density at radius 3 is 2.60 bits per heavy atom. The quantitative estimate of drug-likeness (QED) is 0.586. The molecule has 0 aliphatic rings. The number of nitrogens with two attached hydrogens (primary N) is 1. The van der Waals surface area contributed by atoms with Crippen molar-refractivity contribution in [1.82, 2.24) is 9.97 Å². The van der Waals surface area contributed by atoms with Crippen LogP contribution in [0.1, 0.15) is 11.6 Å². The highest BCUT2D eigenvalue weighted by Gasteiger charge is 2.01. The highest BCUT2D eigenvalue weighted by atomic mass is 14.8. The third-order valence-electron chi connectivity index (χ3n) is 1.08. The Hall–Kier alpha value is -1.47. The van der Waals surface area contributed by atoms with Gasteiger partial charge >= 0.3 is 0 Å². The van der Waals surface area contributed by atoms with Crippen LogP contribution in [-0.4, -0.2) is 9.97 Å². The number of rotatable bonds is 1. The molecule has 0 amide bonds. The molecule has 0 aliphatic heterocycles. The second kappa shape index (κ2) is 2.90. The van der Waals surface area contributed by atoms with E-state index in [1.165, 1.54) is 18.7 Å². The van der Waals surface area contributed by atoms with E-state index in [1.54, 1.807) is 0 Å². The molecule has 0 radical (unpaired) electrons. The van der Waals surface area contributed by atoms with E-state index >= 15 is 0 Å². The summed E-state index contributed by atoms with van der Waals surface area (Å²) >= 11 is 0. The predicted octanol–water partition coefficient (Wildman–Crippen LogP) is -0.0000200. The molecule has 1 rings (SSSR count). The van der Waals surface area contributed by atoms with Gasteiger partial charge in [-0.25, -0.2) is 9.97 Å². The summed E-state index contributed by atoms with van der Waals surface area (Å²) in [5, 5.41) is 8.36. The first-order valence-corrected chi connectivity index (χ1v) is 2.74. The molecule has 1 aromatic rings. The molecule has 0 aromatic carbocycles. The molecule has 0 spiro atoms. The van der Waals surface area contributed by atoms with Crippen molar-refractivity contribution in [3.05, 3.63) is 24.3 Å². The maximum absolute atomic E-state index is 8.36. The maximum atomic E-state index is 8.36. The zero-order valence-corrected chi connectivity index (χ0v) is 5.23. The second-order valence-electron chi connectivity index (χ2n) is 1.78. The van der Waals surface area contributed by atoms with E-state index in [9.17, 15) is 0 Å². The van der Waals surface area contributed by atoms with Gasteiger partial charge in [0, 0.05) is 18.0 Å². The lowest BCUT2D eigenvalue weighted by Crippen LogP contribution is -2.07. The SMILES string of the molecule is N#C[C@H](N)c1cncnc1. The van der Waals surface area contributed by atoms with Gasteiger partial charge in [-0.3, -0.25) is 0 Å². The van der Waals surface area contributed by atoms with Crippen LogP contribution in [0.15, 0.2) is 18.7 Å². The van der Waals surface area contributed by atoms with Crippen molar-refractivity contribution in [2.45, 2.75) is 6.04 Å². The van der Waals surface area contributed by atoms with E-state index < -0.39 is 6.04 Å². The average Bonchev–Trinajstić information content (AvgIpc) is 2.05. The van der Waals surface area contributed by atoms with Crippen LogP contribution < -0.4 is 5.73 Å². The third kappa shape index (κ3) is 1.27. The minimum absolute atomic E-state index is 0.610. The first kappa shape index (κ1) is 6.65. The normalized spacial score (nSPS) is 12.0. The van der Waals surface area contributed by atoms with Gasteiger partial charge in [0.15, 0.2) is 0 Å². The molecule has 4 heteroatoms. The molecule has 2 N–H and O–H groups in total. The van der Waals surface area contributed by atoms with Gasteiger partial charge in [-0.15, -0.1) is 0 Å². The monoisotopic (exact) mass is 134 g/mol. The van der Waals surface area contributed by atoms with Crippen molar-refractivity contribution < 1.29 is 0 Å². The van der Waals surface area contributed by atoms with Crippen LogP contribution in [0, 0.1) is 11.3 Å². The van der Waals surface area contributed by atoms with Crippen molar-refractivity contribution in [3.8, 4) is 6.07 Å². The number of nitriles is 1. The summed E-state index contributed by atoms with van der Waals surface area (Å²) in [5.41, 5.74) is 6.00. The van der Waals surface area contributed by atoms with Crippen molar-refractivity contribution in [2.75, 3.05) is 0 Å². The molecule has 1 heterocycles. The molecule has 0 fully saturated rings. The standard InChI is InChI=1S/C6H6N4/c7-1-6(8)5-2-9-4-10-3-5/h2-4,6H,8H2/t6-/m0/s1. The van der Waals surface area contributed by atoms with E-state index in [1.807, 2.05) is 6.07 Å². The van der Waals surface area contributed by atoms with Gasteiger partial charge in [-0.1, -0.05) is 0 Å². The zero-order chi connectivity index (χ0) is 7.40. The minimum Gasteiger partial charge on any atom is -0.312 e. The molecule has 0 bridgehead atoms. The lowest BCUT2D eigenvalue weighted by molar-refractivity contribution is 0.898. The Morgan fingerprint density at radius 2 is 2.10 bits per heavy atom. The molecule has 1 aromatic heterocycles. The summed E-state index contributed by atoms with van der Waals surface area (Å²) in [6.07, 6.45) is 4.45. The Labute approximate surface area is 58.3 Å². The molecule has 0 saturated carbocycles. The summed E-state index contributed by atoms with van der Waals surface area (Å²) < 4.78 is 0. The fourth-order valence-corrected chi connectivity index (χ4v) is 0.546. The van der Waals surface area contributed by atoms with Crippen molar-refractivity contribution in [1.29, 1.82) is 5.26 Å². The summed E-state index contributed by atoms with van der Waals surface area (Å²) in [6.45, 7) is 0. The van der Waals surface area contributed by atoms with Crippen molar-refractivity contribution >= 4 is 0 Å². The fourth-order valence-electron chi connectivity index (χ4n) is 0.546. The number of hydrogen-bond donors (Lipinski definition) is 1. The van der Waals surface area contributed by atoms with E-state index in [-0.39, 0.29) is 0 Å². The van der Waals surface area contributed by atoms with Gasteiger partial charge in [0.05, 0.1) is 6.07 Å². The van der Waals surface area contributed by atoms with Gasteiger partial charge in [0.2, 0.25) is 0 Å². The van der Waals surface area contributed by atoms with E-state index in [4.69, 9.17) is 11.0 Å². The molecular weight excluding hydrogens is 128 g/mol. The summed E-state index contributed by atoms with van der Waals surface area (Å²) in [7, 11) is 0. The summed E-state index contributed by atoms with van der Waals surface area (Å²) in [4.78, 5) is 7.42. The van der Waals surface area contributed by atoms with Crippen LogP contribution in [0.2, 0.25) is 0 Å². The zero-order valence-electron chi connectivity index (χ0n) is 5.23. The molecule has 0 saturated heterocycles. The van der Waals surface area contributed by atoms with Crippen LogP contribution in [0.3, 0.4) is 0 Å². The minimum atomic E-state index is -0.610. The number of nitrogens with zero attached hydrogens (tertiary/aromatic N) is 3. The lowest BCUT2D eigenvalue weighted by atomic mass is 10.2. The maximum Gasteiger partial charge on any atom is 0.121 e. The fraction of sp³-hybridized carbons (Fsp3) is 0.167. The van der Waals surface area contributed by atoms with Crippen LogP contribution in [0.5, 0.6) is 0 Å². The number of hydrogen-bond acceptors (Lipinski definition) is 4. The second-order valence-corrected chi connectivity index (χ2v) is 1.78. The van der Waals surface area contributed by atoms with Crippen LogP contribution in [0.25, 0.3) is 0 Å². The van der Waals surface area contributed by atoms with E-state index in [0.717, 1.165) is 0 Å². The van der Waals surface area contributed by atoms with Gasteiger partial charge < -0.3 is 5.73 Å². The largest absolute Gasteiger partial charge is 0.312 e. The van der Waals surface area contributed by atoms with Crippen LogP contribution in [-0.2, 0) is 0 Å². The van der Waals surface area contributed by atoms with Gasteiger partial charge in [0.1, 0.15) is 12.4 Å².